The van der Waals surface area contributed by atoms with Crippen LogP contribution in [0.25, 0.3) is 0 Å². The lowest BCUT2D eigenvalue weighted by atomic mass is 10.1. The summed E-state index contributed by atoms with van der Waals surface area (Å²) in [6.45, 7) is 3.03. The second-order valence-electron chi connectivity index (χ2n) is 5.07. The van der Waals surface area contributed by atoms with Crippen LogP contribution in [0.1, 0.15) is 32.6 Å². The largest absolute Gasteiger partial charge is 0.328 e. The van der Waals surface area contributed by atoms with Crippen LogP contribution in [0.2, 0.25) is 0 Å². The van der Waals surface area contributed by atoms with Gasteiger partial charge in [0.1, 0.15) is 0 Å². The van der Waals surface area contributed by atoms with E-state index < -0.39 is 10.2 Å². The van der Waals surface area contributed by atoms with E-state index >= 15 is 0 Å². The first-order valence-corrected chi connectivity index (χ1v) is 7.45. The van der Waals surface area contributed by atoms with Gasteiger partial charge < -0.3 is 5.73 Å². The molecule has 0 amide bonds. The van der Waals surface area contributed by atoms with Gasteiger partial charge in [0.05, 0.1) is 0 Å². The molecule has 0 aromatic heterocycles. The molecule has 0 aromatic carbocycles. The van der Waals surface area contributed by atoms with Crippen molar-refractivity contribution in [1.82, 2.24) is 9.03 Å². The molecule has 0 spiro atoms. The van der Waals surface area contributed by atoms with Crippen LogP contribution in [0, 0.1) is 5.92 Å². The first-order valence-electron chi connectivity index (χ1n) is 6.01. The van der Waals surface area contributed by atoms with E-state index in [1.807, 2.05) is 6.92 Å². The zero-order chi connectivity index (χ0) is 11.8. The third-order valence-electron chi connectivity index (χ3n) is 3.55. The highest BCUT2D eigenvalue weighted by Crippen LogP contribution is 2.38. The lowest BCUT2D eigenvalue weighted by molar-refractivity contribution is 0.328. The normalized spacial score (nSPS) is 30.2. The third-order valence-corrected chi connectivity index (χ3v) is 5.19. The second kappa shape index (κ2) is 5.84. The van der Waals surface area contributed by atoms with Crippen LogP contribution in [0.4, 0.5) is 0 Å². The van der Waals surface area contributed by atoms with E-state index in [1.165, 1.54) is 6.42 Å². The molecule has 2 bridgehead atoms. The molecule has 0 radical (unpaired) electrons. The number of piperidine rings is 1. The minimum atomic E-state index is -3.26. The van der Waals surface area contributed by atoms with Gasteiger partial charge in [0.15, 0.2) is 0 Å². The van der Waals surface area contributed by atoms with E-state index in [1.54, 1.807) is 4.31 Å². The Bertz CT molecular complexity index is 347. The molecule has 3 unspecified atom stereocenters. The van der Waals surface area contributed by atoms with Crippen molar-refractivity contribution >= 4 is 22.6 Å². The molecule has 2 aliphatic rings. The number of halogens is 1. The maximum atomic E-state index is 12.0. The van der Waals surface area contributed by atoms with Gasteiger partial charge in [-0.25, -0.2) is 4.72 Å². The molecule has 3 N–H and O–H groups in total. The van der Waals surface area contributed by atoms with Crippen molar-refractivity contribution in [2.45, 2.75) is 44.7 Å². The Kier molecular flexibility index (Phi) is 5.21. The minimum absolute atomic E-state index is 0. The quantitative estimate of drug-likeness (QED) is 0.770. The van der Waals surface area contributed by atoms with Gasteiger partial charge in [0.2, 0.25) is 0 Å². The highest BCUT2D eigenvalue weighted by molar-refractivity contribution is 7.87. The standard InChI is InChI=1S/C10H21N3O2S.ClH/c1-8(11)4-5-12-16(14,15)13-7-9-2-3-10(13)6-9;/h8-10,12H,2-7,11H2,1H3;1H. The Labute approximate surface area is 110 Å². The predicted molar refractivity (Wildman–Crippen MR) is 70.3 cm³/mol. The first-order chi connectivity index (χ1) is 7.49. The van der Waals surface area contributed by atoms with E-state index in [9.17, 15) is 8.42 Å². The molecule has 1 saturated heterocycles. The summed E-state index contributed by atoms with van der Waals surface area (Å²) in [6.07, 6.45) is 3.95. The molecule has 1 aliphatic carbocycles. The number of hydrogen-bond acceptors (Lipinski definition) is 3. The lowest BCUT2D eigenvalue weighted by Gasteiger charge is -2.26. The molecule has 0 aromatic rings. The summed E-state index contributed by atoms with van der Waals surface area (Å²) in [6, 6.07) is 0.288. The summed E-state index contributed by atoms with van der Waals surface area (Å²) in [5.74, 6) is 0.593. The molecule has 2 rings (SSSR count). The topological polar surface area (TPSA) is 75.4 Å². The SMILES string of the molecule is CC(N)CCNS(=O)(=O)N1CC2CCC1C2.Cl. The molecular formula is C10H22ClN3O2S. The number of nitrogens with zero attached hydrogens (tertiary/aromatic N) is 1. The van der Waals surface area contributed by atoms with Crippen LogP contribution in [-0.4, -0.2) is 37.9 Å². The van der Waals surface area contributed by atoms with E-state index in [2.05, 4.69) is 4.72 Å². The fourth-order valence-electron chi connectivity index (χ4n) is 2.67. The highest BCUT2D eigenvalue weighted by atomic mass is 35.5. The molecule has 1 aliphatic heterocycles. The molecule has 3 atom stereocenters. The van der Waals surface area contributed by atoms with Crippen molar-refractivity contribution in [3.8, 4) is 0 Å². The first kappa shape index (κ1) is 15.2. The predicted octanol–water partition coefficient (Wildman–Crippen LogP) is 0.464. The van der Waals surface area contributed by atoms with E-state index in [4.69, 9.17) is 5.73 Å². The van der Waals surface area contributed by atoms with Crippen molar-refractivity contribution in [2.24, 2.45) is 11.7 Å². The summed E-state index contributed by atoms with van der Waals surface area (Å²) in [7, 11) is -3.26. The van der Waals surface area contributed by atoms with Gasteiger partial charge in [-0.05, 0) is 38.5 Å². The Morgan fingerprint density at radius 3 is 2.65 bits per heavy atom. The van der Waals surface area contributed by atoms with Crippen LogP contribution in [0.5, 0.6) is 0 Å². The summed E-state index contributed by atoms with van der Waals surface area (Å²) in [5.41, 5.74) is 5.59. The maximum Gasteiger partial charge on any atom is 0.279 e. The van der Waals surface area contributed by atoms with Crippen molar-refractivity contribution < 1.29 is 8.42 Å². The van der Waals surface area contributed by atoms with Gasteiger partial charge in [-0.1, -0.05) is 0 Å². The molecule has 5 nitrogen and oxygen atoms in total. The van der Waals surface area contributed by atoms with Gasteiger partial charge in [0, 0.05) is 25.2 Å². The zero-order valence-electron chi connectivity index (χ0n) is 10.1. The Morgan fingerprint density at radius 1 is 1.47 bits per heavy atom. The Balaban J connectivity index is 0.00000144. The Morgan fingerprint density at radius 2 is 2.18 bits per heavy atom. The van der Waals surface area contributed by atoms with Gasteiger partial charge >= 0.3 is 0 Å². The number of hydrogen-bond donors (Lipinski definition) is 2. The van der Waals surface area contributed by atoms with Gasteiger partial charge in [-0.15, -0.1) is 12.4 Å². The fraction of sp³-hybridized carbons (Fsp3) is 1.00. The fourth-order valence-corrected chi connectivity index (χ4v) is 4.21. The van der Waals surface area contributed by atoms with Crippen molar-refractivity contribution in [3.05, 3.63) is 0 Å². The van der Waals surface area contributed by atoms with Gasteiger partial charge in [0.25, 0.3) is 10.2 Å². The third kappa shape index (κ3) is 3.54. The minimum Gasteiger partial charge on any atom is -0.328 e. The van der Waals surface area contributed by atoms with Crippen molar-refractivity contribution in [3.63, 3.8) is 0 Å². The van der Waals surface area contributed by atoms with E-state index in [0.717, 1.165) is 12.8 Å². The number of nitrogens with one attached hydrogen (secondary N) is 1. The van der Waals surface area contributed by atoms with Gasteiger partial charge in [-0.2, -0.15) is 12.7 Å². The monoisotopic (exact) mass is 283 g/mol. The molecule has 7 heteroatoms. The number of rotatable bonds is 5. The highest BCUT2D eigenvalue weighted by Gasteiger charge is 2.43. The van der Waals surface area contributed by atoms with E-state index in [-0.39, 0.29) is 24.5 Å². The summed E-state index contributed by atoms with van der Waals surface area (Å²) in [5, 5.41) is 0. The lowest BCUT2D eigenvalue weighted by Crippen LogP contribution is -2.45. The molecule has 102 valence electrons. The second-order valence-corrected chi connectivity index (χ2v) is 6.78. The van der Waals surface area contributed by atoms with Crippen LogP contribution in [-0.2, 0) is 10.2 Å². The van der Waals surface area contributed by atoms with Crippen LogP contribution < -0.4 is 10.5 Å². The summed E-state index contributed by atoms with van der Waals surface area (Å²) < 4.78 is 28.2. The molecule has 2 fully saturated rings. The average Bonchev–Trinajstić information content (AvgIpc) is 2.77. The molecule has 17 heavy (non-hydrogen) atoms. The molecule has 1 heterocycles. The van der Waals surface area contributed by atoms with E-state index in [0.29, 0.717) is 25.4 Å². The summed E-state index contributed by atoms with van der Waals surface area (Å²) >= 11 is 0. The molecular weight excluding hydrogens is 262 g/mol. The number of fused-ring (bicyclic) bond motifs is 2. The molecule has 1 saturated carbocycles. The summed E-state index contributed by atoms with van der Waals surface area (Å²) in [4.78, 5) is 0. The van der Waals surface area contributed by atoms with Crippen LogP contribution in [0.3, 0.4) is 0 Å². The maximum absolute atomic E-state index is 12.0. The Hall–Kier alpha value is 0.120. The smallest absolute Gasteiger partial charge is 0.279 e. The van der Waals surface area contributed by atoms with Gasteiger partial charge in [-0.3, -0.25) is 0 Å². The van der Waals surface area contributed by atoms with Crippen molar-refractivity contribution in [2.75, 3.05) is 13.1 Å². The van der Waals surface area contributed by atoms with Crippen molar-refractivity contribution in [1.29, 1.82) is 0 Å². The van der Waals surface area contributed by atoms with Crippen LogP contribution in [0.15, 0.2) is 0 Å². The van der Waals surface area contributed by atoms with Crippen LogP contribution >= 0.6 is 12.4 Å². The zero-order valence-corrected chi connectivity index (χ0v) is 11.8. The average molecular weight is 284 g/mol. The number of nitrogens with two attached hydrogens (primary N) is 1.